The first kappa shape index (κ1) is 31.5. The highest BCUT2D eigenvalue weighted by atomic mass is 16.4. The lowest BCUT2D eigenvalue weighted by molar-refractivity contribution is -0.142. The van der Waals surface area contributed by atoms with Crippen molar-refractivity contribution in [1.29, 1.82) is 0 Å². The molecule has 4 unspecified atom stereocenters. The van der Waals surface area contributed by atoms with Crippen LogP contribution in [0.1, 0.15) is 24.0 Å². The summed E-state index contributed by atoms with van der Waals surface area (Å²) in [4.78, 5) is 61.0. The van der Waals surface area contributed by atoms with Gasteiger partial charge in [-0.1, -0.05) is 24.3 Å². The summed E-state index contributed by atoms with van der Waals surface area (Å²) in [5.74, 6) is -5.35. The molecule has 0 bridgehead atoms. The fourth-order valence-electron chi connectivity index (χ4n) is 3.57. The predicted octanol–water partition coefficient (Wildman–Crippen LogP) is -1.39. The number of carboxylic acid groups (broad SMARTS) is 2. The molecular weight excluding hydrogens is 528 g/mol. The number of nitrogens with one attached hydrogen (secondary N) is 3. The molecule has 216 valence electrons. The summed E-state index contributed by atoms with van der Waals surface area (Å²) in [5.41, 5.74) is 6.74. The van der Waals surface area contributed by atoms with Gasteiger partial charge in [-0.05, 0) is 41.8 Å². The fraction of sp³-hybridized carbons (Fsp3) is 0.346. The van der Waals surface area contributed by atoms with Gasteiger partial charge in [-0.3, -0.25) is 19.2 Å². The molecular formula is C26H32N4O10. The Balaban J connectivity index is 2.15. The second-order valence-electron chi connectivity index (χ2n) is 8.98. The summed E-state index contributed by atoms with van der Waals surface area (Å²) < 4.78 is 0. The number of aromatic hydroxyl groups is 2. The highest BCUT2D eigenvalue weighted by Crippen LogP contribution is 2.13. The predicted molar refractivity (Wildman–Crippen MR) is 139 cm³/mol. The molecule has 0 saturated carbocycles. The smallest absolute Gasteiger partial charge is 0.326 e. The maximum Gasteiger partial charge on any atom is 0.326 e. The lowest BCUT2D eigenvalue weighted by atomic mass is 10.0. The maximum atomic E-state index is 13.1. The Morgan fingerprint density at radius 3 is 1.55 bits per heavy atom. The molecule has 40 heavy (non-hydrogen) atoms. The van der Waals surface area contributed by atoms with Crippen LogP contribution in [0.5, 0.6) is 11.5 Å². The van der Waals surface area contributed by atoms with Crippen molar-refractivity contribution in [2.75, 3.05) is 6.61 Å². The number of rotatable bonds is 15. The maximum absolute atomic E-state index is 13.1. The molecule has 0 aliphatic carbocycles. The van der Waals surface area contributed by atoms with E-state index in [0.717, 1.165) is 0 Å². The molecule has 0 saturated heterocycles. The van der Waals surface area contributed by atoms with Gasteiger partial charge in [0.05, 0.1) is 12.6 Å². The average Bonchev–Trinajstić information content (AvgIpc) is 2.91. The third-order valence-electron chi connectivity index (χ3n) is 5.82. The van der Waals surface area contributed by atoms with E-state index in [2.05, 4.69) is 16.0 Å². The second kappa shape index (κ2) is 15.0. The topological polar surface area (TPSA) is 249 Å². The van der Waals surface area contributed by atoms with Crippen LogP contribution in [0.4, 0.5) is 0 Å². The van der Waals surface area contributed by atoms with Gasteiger partial charge < -0.3 is 47.2 Å². The summed E-state index contributed by atoms with van der Waals surface area (Å²) in [5, 5.41) is 54.0. The zero-order valence-electron chi connectivity index (χ0n) is 21.3. The molecule has 0 fully saturated rings. The van der Waals surface area contributed by atoms with Gasteiger partial charge in [0, 0.05) is 19.3 Å². The molecule has 0 aliphatic rings. The molecule has 4 atom stereocenters. The fourth-order valence-corrected chi connectivity index (χ4v) is 3.57. The number of phenols is 2. The normalized spacial score (nSPS) is 13.8. The van der Waals surface area contributed by atoms with Crippen molar-refractivity contribution in [3.63, 3.8) is 0 Å². The standard InChI is InChI=1S/C26H32N4O10/c27-18(9-10-22(34)35)23(36)28-19(11-14-1-5-16(32)6-2-14)24(37)30-21(13-31)25(38)29-20(26(39)40)12-15-3-7-17(33)8-4-15/h1-8,18-21,31-33H,9-13,27H2,(H,28,36)(H,29,38)(H,30,37)(H,34,35)(H,39,40). The highest BCUT2D eigenvalue weighted by Gasteiger charge is 2.30. The number of hydrogen-bond donors (Lipinski definition) is 9. The van der Waals surface area contributed by atoms with E-state index in [9.17, 15) is 44.4 Å². The Morgan fingerprint density at radius 1 is 0.675 bits per heavy atom. The van der Waals surface area contributed by atoms with Crippen LogP contribution in [0.2, 0.25) is 0 Å². The Labute approximate surface area is 228 Å². The first-order chi connectivity index (χ1) is 18.9. The van der Waals surface area contributed by atoms with Crippen LogP contribution in [0.3, 0.4) is 0 Å². The van der Waals surface area contributed by atoms with Gasteiger partial charge in [0.2, 0.25) is 17.7 Å². The Morgan fingerprint density at radius 2 is 1.10 bits per heavy atom. The third-order valence-corrected chi connectivity index (χ3v) is 5.82. The van der Waals surface area contributed by atoms with Crippen LogP contribution >= 0.6 is 0 Å². The van der Waals surface area contributed by atoms with Crippen molar-refractivity contribution in [1.82, 2.24) is 16.0 Å². The Bertz CT molecular complexity index is 1190. The summed E-state index contributed by atoms with van der Waals surface area (Å²) in [7, 11) is 0. The molecule has 0 spiro atoms. The number of aliphatic hydroxyl groups is 1. The van der Waals surface area contributed by atoms with E-state index in [1.54, 1.807) is 0 Å². The van der Waals surface area contributed by atoms with Gasteiger partial charge in [-0.2, -0.15) is 0 Å². The van der Waals surface area contributed by atoms with Gasteiger partial charge in [0.25, 0.3) is 0 Å². The van der Waals surface area contributed by atoms with Gasteiger partial charge in [-0.25, -0.2) is 4.79 Å². The molecule has 0 heterocycles. The van der Waals surface area contributed by atoms with Crippen LogP contribution in [-0.4, -0.2) is 86.0 Å². The second-order valence-corrected chi connectivity index (χ2v) is 8.98. The minimum Gasteiger partial charge on any atom is -0.508 e. The number of carboxylic acids is 2. The molecule has 2 aromatic rings. The molecule has 0 radical (unpaired) electrons. The quantitative estimate of drug-likeness (QED) is 0.123. The molecule has 10 N–H and O–H groups in total. The van der Waals surface area contributed by atoms with Crippen molar-refractivity contribution in [2.24, 2.45) is 5.73 Å². The Hall–Kier alpha value is -4.69. The third kappa shape index (κ3) is 10.2. The molecule has 3 amide bonds. The number of aliphatic hydroxyl groups excluding tert-OH is 1. The molecule has 0 aromatic heterocycles. The number of carbonyl (C=O) groups excluding carboxylic acids is 3. The van der Waals surface area contributed by atoms with Crippen LogP contribution in [0.15, 0.2) is 48.5 Å². The summed E-state index contributed by atoms with van der Waals surface area (Å²) in [6, 6.07) is 5.74. The van der Waals surface area contributed by atoms with Gasteiger partial charge >= 0.3 is 11.9 Å². The zero-order valence-corrected chi connectivity index (χ0v) is 21.3. The van der Waals surface area contributed by atoms with Crippen molar-refractivity contribution in [3.05, 3.63) is 59.7 Å². The first-order valence-electron chi connectivity index (χ1n) is 12.2. The number of phenolic OH excluding ortho intramolecular Hbond substituents is 2. The van der Waals surface area contributed by atoms with E-state index < -0.39 is 60.4 Å². The summed E-state index contributed by atoms with van der Waals surface area (Å²) >= 11 is 0. The summed E-state index contributed by atoms with van der Waals surface area (Å²) in [6.07, 6.45) is -0.859. The molecule has 0 aliphatic heterocycles. The van der Waals surface area contributed by atoms with Crippen molar-refractivity contribution in [2.45, 2.75) is 49.9 Å². The van der Waals surface area contributed by atoms with E-state index in [1.165, 1.54) is 48.5 Å². The van der Waals surface area contributed by atoms with Crippen molar-refractivity contribution >= 4 is 29.7 Å². The van der Waals surface area contributed by atoms with Gasteiger partial charge in [0.15, 0.2) is 0 Å². The van der Waals surface area contributed by atoms with Crippen LogP contribution in [0.25, 0.3) is 0 Å². The lowest BCUT2D eigenvalue weighted by Gasteiger charge is -2.24. The Kier molecular flexibility index (Phi) is 11.9. The monoisotopic (exact) mass is 560 g/mol. The van der Waals surface area contributed by atoms with Crippen molar-refractivity contribution in [3.8, 4) is 11.5 Å². The number of nitrogens with two attached hydrogens (primary N) is 1. The number of carbonyl (C=O) groups is 5. The van der Waals surface area contributed by atoms with Gasteiger partial charge in [0.1, 0.15) is 29.6 Å². The van der Waals surface area contributed by atoms with Crippen molar-refractivity contribution < 1.29 is 49.5 Å². The highest BCUT2D eigenvalue weighted by molar-refractivity contribution is 5.94. The number of amides is 3. The molecule has 2 aromatic carbocycles. The summed E-state index contributed by atoms with van der Waals surface area (Å²) in [6.45, 7) is -0.902. The minimum atomic E-state index is -1.59. The number of aliphatic carboxylic acids is 2. The lowest BCUT2D eigenvalue weighted by Crippen LogP contribution is -2.58. The van der Waals surface area contributed by atoms with E-state index in [4.69, 9.17) is 10.8 Å². The largest absolute Gasteiger partial charge is 0.508 e. The van der Waals surface area contributed by atoms with E-state index in [-0.39, 0.29) is 37.2 Å². The van der Waals surface area contributed by atoms with Crippen LogP contribution in [0, 0.1) is 0 Å². The van der Waals surface area contributed by atoms with E-state index in [0.29, 0.717) is 11.1 Å². The van der Waals surface area contributed by atoms with E-state index >= 15 is 0 Å². The van der Waals surface area contributed by atoms with Crippen LogP contribution in [-0.2, 0) is 36.8 Å². The minimum absolute atomic E-state index is 0.0282. The zero-order chi connectivity index (χ0) is 29.8. The number of benzene rings is 2. The van der Waals surface area contributed by atoms with Gasteiger partial charge in [-0.15, -0.1) is 0 Å². The van der Waals surface area contributed by atoms with Crippen LogP contribution < -0.4 is 21.7 Å². The van der Waals surface area contributed by atoms with E-state index in [1.807, 2.05) is 0 Å². The molecule has 14 nitrogen and oxygen atoms in total. The molecule has 14 heteroatoms. The SMILES string of the molecule is NC(CCC(=O)O)C(=O)NC(Cc1ccc(O)cc1)C(=O)NC(CO)C(=O)NC(Cc1ccc(O)cc1)C(=O)O. The molecule has 2 rings (SSSR count). The number of hydrogen-bond acceptors (Lipinski definition) is 9. The first-order valence-corrected chi connectivity index (χ1v) is 12.2. The average molecular weight is 561 g/mol.